The smallest absolute Gasteiger partial charge is 0.258 e. The first kappa shape index (κ1) is 9.00. The molecular weight excluding hydrogens is 178 g/mol. The van der Waals surface area contributed by atoms with Crippen LogP contribution in [-0.2, 0) is 0 Å². The number of nitro benzene ring substituents is 1. The van der Waals surface area contributed by atoms with E-state index < -0.39 is 4.92 Å². The minimum Gasteiger partial charge on any atom is -0.258 e. The maximum absolute atomic E-state index is 10.4. The molecule has 1 aromatic carbocycles. The number of non-ortho nitro benzene ring substituents is 1. The molecule has 4 heteroatoms. The van der Waals surface area contributed by atoms with Gasteiger partial charge in [0, 0.05) is 12.1 Å². The predicted molar refractivity (Wildman–Crippen MR) is 47.6 cm³/mol. The fraction of sp³-hybridized carbons (Fsp3) is 0.250. The minimum absolute atomic E-state index is 0.0445. The van der Waals surface area contributed by atoms with E-state index in [1.54, 1.807) is 6.92 Å². The van der Waals surface area contributed by atoms with Gasteiger partial charge in [0.1, 0.15) is 0 Å². The zero-order valence-electron chi connectivity index (χ0n) is 6.80. The molecule has 0 aliphatic heterocycles. The molecule has 1 aromatic rings. The van der Waals surface area contributed by atoms with Crippen LogP contribution < -0.4 is 0 Å². The van der Waals surface area contributed by atoms with Crippen molar-refractivity contribution >= 4 is 17.3 Å². The van der Waals surface area contributed by atoms with Gasteiger partial charge in [0.25, 0.3) is 5.69 Å². The van der Waals surface area contributed by atoms with Crippen molar-refractivity contribution in [3.8, 4) is 0 Å². The molecule has 0 saturated heterocycles. The molecule has 0 radical (unpaired) electrons. The third-order valence-electron chi connectivity index (χ3n) is 1.80. The molecule has 0 heterocycles. The zero-order chi connectivity index (χ0) is 9.30. The Morgan fingerprint density at radius 2 is 2.00 bits per heavy atom. The number of hydrogen-bond acceptors (Lipinski definition) is 2. The van der Waals surface area contributed by atoms with Gasteiger partial charge in [-0.2, -0.15) is 0 Å². The Hall–Kier alpha value is -1.09. The summed E-state index contributed by atoms with van der Waals surface area (Å²) in [5.74, 6) is 0. The van der Waals surface area contributed by atoms with Crippen molar-refractivity contribution < 1.29 is 4.92 Å². The van der Waals surface area contributed by atoms with E-state index in [0.29, 0.717) is 5.02 Å². The molecular formula is C8H8ClNO2. The molecule has 64 valence electrons. The summed E-state index contributed by atoms with van der Waals surface area (Å²) in [6.07, 6.45) is 0. The number of nitrogens with zero attached hydrogens (tertiary/aromatic N) is 1. The average Bonchev–Trinajstić information content (AvgIpc) is 1.99. The molecule has 0 aliphatic carbocycles. The van der Waals surface area contributed by atoms with Gasteiger partial charge in [-0.25, -0.2) is 0 Å². The number of nitro groups is 1. The summed E-state index contributed by atoms with van der Waals surface area (Å²) >= 11 is 5.76. The fourth-order valence-electron chi connectivity index (χ4n) is 0.904. The molecule has 0 fully saturated rings. The lowest BCUT2D eigenvalue weighted by Gasteiger charge is -2.01. The molecule has 0 atom stereocenters. The largest absolute Gasteiger partial charge is 0.271 e. The van der Waals surface area contributed by atoms with Crippen LogP contribution in [0.1, 0.15) is 11.1 Å². The lowest BCUT2D eigenvalue weighted by Crippen LogP contribution is -1.90. The lowest BCUT2D eigenvalue weighted by atomic mass is 10.1. The van der Waals surface area contributed by atoms with Gasteiger partial charge in [-0.05, 0) is 25.0 Å². The second kappa shape index (κ2) is 3.11. The number of benzene rings is 1. The quantitative estimate of drug-likeness (QED) is 0.499. The maximum atomic E-state index is 10.4. The second-order valence-electron chi connectivity index (χ2n) is 2.63. The monoisotopic (exact) mass is 185 g/mol. The van der Waals surface area contributed by atoms with Gasteiger partial charge >= 0.3 is 0 Å². The van der Waals surface area contributed by atoms with E-state index in [0.717, 1.165) is 11.1 Å². The van der Waals surface area contributed by atoms with Crippen LogP contribution in [0.5, 0.6) is 0 Å². The first-order valence-corrected chi connectivity index (χ1v) is 3.81. The van der Waals surface area contributed by atoms with Crippen molar-refractivity contribution in [1.82, 2.24) is 0 Å². The van der Waals surface area contributed by atoms with Gasteiger partial charge in [-0.15, -0.1) is 0 Å². The summed E-state index contributed by atoms with van der Waals surface area (Å²) in [4.78, 5) is 9.92. The van der Waals surface area contributed by atoms with Crippen molar-refractivity contribution in [2.24, 2.45) is 0 Å². The first-order valence-electron chi connectivity index (χ1n) is 3.43. The molecule has 0 aliphatic rings. The number of aryl methyl sites for hydroxylation is 1. The Labute approximate surface area is 75.1 Å². The van der Waals surface area contributed by atoms with E-state index in [1.807, 2.05) is 6.92 Å². The average molecular weight is 186 g/mol. The van der Waals surface area contributed by atoms with Crippen LogP contribution in [0.4, 0.5) is 5.69 Å². The standard InChI is InChI=1S/C8H8ClNO2/c1-5-3-7(10(11)12)4-8(9)6(5)2/h3-4H,1-2H3. The summed E-state index contributed by atoms with van der Waals surface area (Å²) in [7, 11) is 0. The van der Waals surface area contributed by atoms with Gasteiger partial charge in [-0.3, -0.25) is 10.1 Å². The first-order chi connectivity index (χ1) is 5.52. The molecule has 0 unspecified atom stereocenters. The van der Waals surface area contributed by atoms with Gasteiger partial charge in [0.05, 0.1) is 9.95 Å². The number of rotatable bonds is 1. The van der Waals surface area contributed by atoms with E-state index in [-0.39, 0.29) is 5.69 Å². The van der Waals surface area contributed by atoms with E-state index >= 15 is 0 Å². The van der Waals surface area contributed by atoms with Crippen LogP contribution in [0.3, 0.4) is 0 Å². The van der Waals surface area contributed by atoms with Gasteiger partial charge in [0.15, 0.2) is 0 Å². The van der Waals surface area contributed by atoms with E-state index in [1.165, 1.54) is 12.1 Å². The van der Waals surface area contributed by atoms with Crippen molar-refractivity contribution in [2.45, 2.75) is 13.8 Å². The Balaban J connectivity index is 3.31. The highest BCUT2D eigenvalue weighted by Gasteiger charge is 2.09. The highest BCUT2D eigenvalue weighted by molar-refractivity contribution is 6.31. The Morgan fingerprint density at radius 1 is 1.42 bits per heavy atom. The molecule has 12 heavy (non-hydrogen) atoms. The predicted octanol–water partition coefficient (Wildman–Crippen LogP) is 2.87. The Kier molecular flexibility index (Phi) is 2.33. The summed E-state index contributed by atoms with van der Waals surface area (Å²) in [5, 5.41) is 10.8. The third-order valence-corrected chi connectivity index (χ3v) is 2.19. The molecule has 0 N–H and O–H groups in total. The van der Waals surface area contributed by atoms with Gasteiger partial charge < -0.3 is 0 Å². The molecule has 0 amide bonds. The molecule has 3 nitrogen and oxygen atoms in total. The summed E-state index contributed by atoms with van der Waals surface area (Å²) in [6.45, 7) is 3.63. The molecule has 0 aromatic heterocycles. The van der Waals surface area contributed by atoms with Crippen molar-refractivity contribution in [1.29, 1.82) is 0 Å². The zero-order valence-corrected chi connectivity index (χ0v) is 7.55. The van der Waals surface area contributed by atoms with Gasteiger partial charge in [0.2, 0.25) is 0 Å². The van der Waals surface area contributed by atoms with Crippen molar-refractivity contribution in [2.75, 3.05) is 0 Å². The minimum atomic E-state index is -0.446. The summed E-state index contributed by atoms with van der Waals surface area (Å²) in [6, 6.07) is 2.88. The van der Waals surface area contributed by atoms with Crippen LogP contribution >= 0.6 is 11.6 Å². The third kappa shape index (κ3) is 1.56. The van der Waals surface area contributed by atoms with Crippen LogP contribution in [-0.4, -0.2) is 4.92 Å². The molecule has 0 saturated carbocycles. The van der Waals surface area contributed by atoms with E-state index in [4.69, 9.17) is 11.6 Å². The highest BCUT2D eigenvalue weighted by Crippen LogP contribution is 2.24. The normalized spacial score (nSPS) is 9.92. The molecule has 0 spiro atoms. The molecule has 1 rings (SSSR count). The topological polar surface area (TPSA) is 43.1 Å². The van der Waals surface area contributed by atoms with E-state index in [2.05, 4.69) is 0 Å². The van der Waals surface area contributed by atoms with Crippen LogP contribution in [0.15, 0.2) is 12.1 Å². The SMILES string of the molecule is Cc1cc([N+](=O)[O-])cc(Cl)c1C. The highest BCUT2D eigenvalue weighted by atomic mass is 35.5. The summed E-state index contributed by atoms with van der Waals surface area (Å²) < 4.78 is 0. The maximum Gasteiger partial charge on any atom is 0.271 e. The van der Waals surface area contributed by atoms with Crippen LogP contribution in [0, 0.1) is 24.0 Å². The van der Waals surface area contributed by atoms with Crippen molar-refractivity contribution in [3.05, 3.63) is 38.4 Å². The number of hydrogen-bond donors (Lipinski definition) is 0. The van der Waals surface area contributed by atoms with Crippen LogP contribution in [0.25, 0.3) is 0 Å². The van der Waals surface area contributed by atoms with Crippen molar-refractivity contribution in [3.63, 3.8) is 0 Å². The van der Waals surface area contributed by atoms with E-state index in [9.17, 15) is 10.1 Å². The lowest BCUT2D eigenvalue weighted by molar-refractivity contribution is -0.384. The van der Waals surface area contributed by atoms with Crippen LogP contribution in [0.2, 0.25) is 5.02 Å². The number of halogens is 1. The summed E-state index contributed by atoms with van der Waals surface area (Å²) in [5.41, 5.74) is 1.78. The molecule has 0 bridgehead atoms. The van der Waals surface area contributed by atoms with Gasteiger partial charge in [-0.1, -0.05) is 11.6 Å². The fourth-order valence-corrected chi connectivity index (χ4v) is 1.16. The Morgan fingerprint density at radius 3 is 2.42 bits per heavy atom. The Bertz CT molecular complexity index is 313. The second-order valence-corrected chi connectivity index (χ2v) is 3.03.